The molecular weight excluding hydrogens is 514 g/mol. The first-order valence-electron chi connectivity index (χ1n) is 11.1. The third kappa shape index (κ3) is 6.96. The molecule has 0 saturated heterocycles. The molecule has 1 aliphatic heterocycles. The number of hydrogen-bond acceptors (Lipinski definition) is 8. The summed E-state index contributed by atoms with van der Waals surface area (Å²) in [6.45, 7) is 3.99. The van der Waals surface area contributed by atoms with E-state index in [0.717, 1.165) is 31.6 Å². The Bertz CT molecular complexity index is 1140. The quantitative estimate of drug-likeness (QED) is 0.320. The lowest BCUT2D eigenvalue weighted by Crippen LogP contribution is -2.31. The maximum atomic E-state index is 11.9. The second kappa shape index (κ2) is 12.8. The largest absolute Gasteiger partial charge is 0.466 e. The van der Waals surface area contributed by atoms with E-state index in [9.17, 15) is 14.4 Å². The van der Waals surface area contributed by atoms with Crippen molar-refractivity contribution in [3.8, 4) is 6.07 Å². The van der Waals surface area contributed by atoms with Crippen LogP contribution in [0.4, 0.5) is 17.1 Å². The molecule has 9 nitrogen and oxygen atoms in total. The Hall–Kier alpha value is -3.58. The summed E-state index contributed by atoms with van der Waals surface area (Å²) in [4.78, 5) is 37.8. The molecule has 10 heteroatoms. The lowest BCUT2D eigenvalue weighted by Gasteiger charge is -2.31. The summed E-state index contributed by atoms with van der Waals surface area (Å²) in [5.74, 6) is -0.477. The maximum absolute atomic E-state index is 11.9. The number of carbonyl (C=O) groups excluding carboxylic acids is 3. The first-order valence-corrected chi connectivity index (χ1v) is 11.9. The molecule has 0 bridgehead atoms. The zero-order valence-electron chi connectivity index (χ0n) is 20.1. The number of rotatable bonds is 6. The van der Waals surface area contributed by atoms with Crippen molar-refractivity contribution in [1.29, 1.82) is 5.26 Å². The van der Waals surface area contributed by atoms with E-state index in [1.165, 1.54) is 22.2 Å². The number of esters is 1. The molecule has 0 spiro atoms. The predicted molar refractivity (Wildman–Crippen MR) is 139 cm³/mol. The van der Waals surface area contributed by atoms with Crippen molar-refractivity contribution in [1.82, 2.24) is 4.90 Å². The number of hydrogen-bond donors (Lipinski definition) is 2. The molecule has 186 valence electrons. The van der Waals surface area contributed by atoms with Crippen molar-refractivity contribution in [3.63, 3.8) is 0 Å². The van der Waals surface area contributed by atoms with Crippen LogP contribution in [-0.4, -0.2) is 56.9 Å². The van der Waals surface area contributed by atoms with Gasteiger partial charge in [-0.3, -0.25) is 14.4 Å². The molecule has 1 heterocycles. The molecule has 2 aromatic carbocycles. The Kier molecular flexibility index (Phi) is 10.1. The molecule has 2 aromatic rings. The molecule has 0 fully saturated rings. The molecule has 1 amide bonds. The van der Waals surface area contributed by atoms with Gasteiger partial charge in [0.25, 0.3) is 5.91 Å². The second-order valence-electron chi connectivity index (χ2n) is 8.08. The van der Waals surface area contributed by atoms with Crippen molar-refractivity contribution in [2.45, 2.75) is 26.2 Å². The normalized spacial score (nSPS) is 11.9. The smallest absolute Gasteiger partial charge is 0.307 e. The molecule has 4 N–H and O–H groups in total. The minimum absolute atomic E-state index is 0.125. The van der Waals surface area contributed by atoms with Gasteiger partial charge in [0.05, 0.1) is 34.3 Å². The molecule has 0 saturated carbocycles. The fourth-order valence-electron chi connectivity index (χ4n) is 3.70. The van der Waals surface area contributed by atoms with Crippen molar-refractivity contribution >= 4 is 51.2 Å². The molecule has 0 aromatic heterocycles. The number of nitrogen functional groups attached to an aromatic ring is 2. The minimum Gasteiger partial charge on any atom is -0.466 e. The van der Waals surface area contributed by atoms with Crippen LogP contribution in [-0.2, 0) is 16.0 Å². The molecule has 1 aliphatic rings. The molecular formula is C25H30BrN5O4. The molecule has 0 unspecified atom stereocenters. The van der Waals surface area contributed by atoms with E-state index in [2.05, 4.69) is 26.9 Å². The van der Waals surface area contributed by atoms with Gasteiger partial charge in [0.2, 0.25) is 0 Å². The van der Waals surface area contributed by atoms with E-state index in [4.69, 9.17) is 21.5 Å². The van der Waals surface area contributed by atoms with Crippen LogP contribution in [0.2, 0.25) is 0 Å². The van der Waals surface area contributed by atoms with Crippen LogP contribution in [0.5, 0.6) is 0 Å². The number of nitrogens with two attached hydrogens (primary N) is 2. The maximum Gasteiger partial charge on any atom is 0.307 e. The van der Waals surface area contributed by atoms with Crippen LogP contribution < -0.4 is 16.4 Å². The summed E-state index contributed by atoms with van der Waals surface area (Å²) < 4.78 is 5.23. The van der Waals surface area contributed by atoms with Gasteiger partial charge in [-0.1, -0.05) is 0 Å². The number of nitrogens with zero attached hydrogens (tertiary/aromatic N) is 3. The van der Waals surface area contributed by atoms with E-state index in [-0.39, 0.29) is 38.7 Å². The van der Waals surface area contributed by atoms with Gasteiger partial charge in [0, 0.05) is 44.1 Å². The van der Waals surface area contributed by atoms with Crippen LogP contribution >= 0.6 is 15.9 Å². The number of benzene rings is 2. The Labute approximate surface area is 213 Å². The Morgan fingerprint density at radius 3 is 2.60 bits per heavy atom. The highest BCUT2D eigenvalue weighted by atomic mass is 79.9. The summed E-state index contributed by atoms with van der Waals surface area (Å²) >= 11 is 3.15. The topological polar surface area (TPSA) is 143 Å². The van der Waals surface area contributed by atoms with Gasteiger partial charge < -0.3 is 26.0 Å². The lowest BCUT2D eigenvalue weighted by molar-refractivity contribution is -0.142. The average molecular weight is 544 g/mol. The highest BCUT2D eigenvalue weighted by molar-refractivity contribution is 9.10. The van der Waals surface area contributed by atoms with E-state index in [1.807, 2.05) is 25.1 Å². The fourth-order valence-corrected chi connectivity index (χ4v) is 4.31. The molecule has 0 radical (unpaired) electrons. The predicted octanol–water partition coefficient (Wildman–Crippen LogP) is 3.39. The summed E-state index contributed by atoms with van der Waals surface area (Å²) in [6.07, 6.45) is 3.15. The Morgan fingerprint density at radius 2 is 2.00 bits per heavy atom. The van der Waals surface area contributed by atoms with Gasteiger partial charge in [-0.25, -0.2) is 0 Å². The fraction of sp³-hybridized carbons (Fsp3) is 0.360. The van der Waals surface area contributed by atoms with Crippen LogP contribution in [0.25, 0.3) is 0 Å². The van der Waals surface area contributed by atoms with Crippen LogP contribution in [0.3, 0.4) is 0 Å². The van der Waals surface area contributed by atoms with Crippen LogP contribution in [0.15, 0.2) is 28.7 Å². The molecule has 3 rings (SSSR count). The molecule has 0 atom stereocenters. The van der Waals surface area contributed by atoms with Crippen molar-refractivity contribution in [3.05, 3.63) is 51.0 Å². The van der Waals surface area contributed by atoms with Gasteiger partial charge in [0.1, 0.15) is 6.07 Å². The third-order valence-electron chi connectivity index (χ3n) is 5.41. The standard InChI is InChI=1S/C14H20N2O2.C11H10BrN3O2/c1-2-18-14(17)7-9-16-8-3-4-11-10-12(15)5-6-13(11)16;1-15(2)11(17)8-7(5-16)3-6(4-13)10(14)9(8)12/h5-6,10H,2-4,7-9,15H2,1H3;3,5H,14H2,1-2H3. The lowest BCUT2D eigenvalue weighted by atomic mass is 10.0. The summed E-state index contributed by atoms with van der Waals surface area (Å²) in [5, 5.41) is 8.84. The van der Waals surface area contributed by atoms with Gasteiger partial charge in [-0.15, -0.1) is 0 Å². The average Bonchev–Trinajstić information content (AvgIpc) is 2.84. The van der Waals surface area contributed by atoms with Crippen molar-refractivity contribution < 1.29 is 19.1 Å². The van der Waals surface area contributed by atoms with Crippen molar-refractivity contribution in [2.75, 3.05) is 50.2 Å². The Balaban J connectivity index is 0.000000247. The number of carbonyl (C=O) groups is 3. The molecule has 0 aliphatic carbocycles. The van der Waals surface area contributed by atoms with E-state index >= 15 is 0 Å². The van der Waals surface area contributed by atoms with Crippen molar-refractivity contribution in [2.24, 2.45) is 0 Å². The number of anilines is 3. The number of fused-ring (bicyclic) bond motifs is 1. The van der Waals surface area contributed by atoms with Gasteiger partial charge in [-0.2, -0.15) is 5.26 Å². The zero-order valence-corrected chi connectivity index (χ0v) is 21.7. The number of halogens is 1. The third-order valence-corrected chi connectivity index (χ3v) is 6.24. The second-order valence-corrected chi connectivity index (χ2v) is 8.87. The first kappa shape index (κ1) is 27.7. The van der Waals surface area contributed by atoms with E-state index < -0.39 is 0 Å². The minimum atomic E-state index is -0.352. The Morgan fingerprint density at radius 1 is 1.29 bits per heavy atom. The highest BCUT2D eigenvalue weighted by Gasteiger charge is 2.21. The van der Waals surface area contributed by atoms with Crippen LogP contribution in [0.1, 0.15) is 51.6 Å². The monoisotopic (exact) mass is 543 g/mol. The SMILES string of the molecule is CCOC(=O)CCN1CCCc2cc(N)ccc21.CN(C)C(=O)c1c(C=O)cc(C#N)c(N)c1Br. The zero-order chi connectivity index (χ0) is 26.1. The van der Waals surface area contributed by atoms with E-state index in [0.29, 0.717) is 19.3 Å². The number of nitriles is 1. The number of aldehydes is 1. The number of ether oxygens (including phenoxy) is 1. The number of amides is 1. The summed E-state index contributed by atoms with van der Waals surface area (Å²) in [5.41, 5.74) is 15.4. The molecule has 35 heavy (non-hydrogen) atoms. The van der Waals surface area contributed by atoms with Gasteiger partial charge in [0.15, 0.2) is 6.29 Å². The van der Waals surface area contributed by atoms with Crippen LogP contribution in [0, 0.1) is 11.3 Å². The van der Waals surface area contributed by atoms with E-state index in [1.54, 1.807) is 14.1 Å². The summed E-state index contributed by atoms with van der Waals surface area (Å²) in [6, 6.07) is 9.18. The summed E-state index contributed by atoms with van der Waals surface area (Å²) in [7, 11) is 3.13. The first-order chi connectivity index (χ1) is 16.6. The number of aryl methyl sites for hydroxylation is 1. The highest BCUT2D eigenvalue weighted by Crippen LogP contribution is 2.31. The van der Waals surface area contributed by atoms with Gasteiger partial charge in [-0.05, 0) is 65.5 Å². The van der Waals surface area contributed by atoms with Gasteiger partial charge >= 0.3 is 5.97 Å².